The molecule has 2 aromatic heterocycles. The van der Waals surface area contributed by atoms with Crippen LogP contribution in [0, 0.1) is 0 Å². The molecule has 4 heterocycles. The molecule has 1 amide bonds. The monoisotopic (exact) mass is 298 g/mol. The van der Waals surface area contributed by atoms with Crippen LogP contribution >= 0.6 is 0 Å². The first kappa shape index (κ1) is 13.6. The molecule has 2 aliphatic heterocycles. The van der Waals surface area contributed by atoms with Gasteiger partial charge in [0, 0.05) is 43.1 Å². The molecule has 0 aliphatic carbocycles. The van der Waals surface area contributed by atoms with Crippen LogP contribution in [0.4, 0.5) is 5.69 Å². The number of fused-ring (bicyclic) bond motifs is 1. The molecule has 0 unspecified atom stereocenters. The van der Waals surface area contributed by atoms with Gasteiger partial charge in [-0.2, -0.15) is 0 Å². The normalized spacial score (nSPS) is 22.5. The maximum absolute atomic E-state index is 12.9. The highest BCUT2D eigenvalue weighted by molar-refractivity contribution is 5.94. The van der Waals surface area contributed by atoms with Crippen LogP contribution in [-0.4, -0.2) is 46.5 Å². The van der Waals surface area contributed by atoms with Crippen molar-refractivity contribution in [2.24, 2.45) is 0 Å². The molecule has 5 heteroatoms. The number of hydrogen-bond acceptors (Lipinski definition) is 3. The highest BCUT2D eigenvalue weighted by Crippen LogP contribution is 2.32. The van der Waals surface area contributed by atoms with E-state index in [1.807, 2.05) is 18.5 Å². The van der Waals surface area contributed by atoms with E-state index in [9.17, 15) is 4.79 Å². The molecule has 1 N–H and O–H groups in total. The summed E-state index contributed by atoms with van der Waals surface area (Å²) in [4.78, 5) is 24.8. The Morgan fingerprint density at radius 3 is 2.86 bits per heavy atom. The summed E-state index contributed by atoms with van der Waals surface area (Å²) in [6.07, 6.45) is 9.34. The van der Waals surface area contributed by atoms with E-state index in [1.54, 1.807) is 0 Å². The van der Waals surface area contributed by atoms with Gasteiger partial charge in [-0.3, -0.25) is 4.79 Å². The van der Waals surface area contributed by atoms with Crippen molar-refractivity contribution < 1.29 is 4.79 Å². The van der Waals surface area contributed by atoms with Gasteiger partial charge in [0.1, 0.15) is 11.7 Å². The molecule has 2 fully saturated rings. The number of nitrogens with zero attached hydrogens (tertiary/aromatic N) is 3. The number of pyridine rings is 1. The second-order valence-corrected chi connectivity index (χ2v) is 6.31. The van der Waals surface area contributed by atoms with Crippen molar-refractivity contribution >= 4 is 22.6 Å². The molecular weight excluding hydrogens is 276 g/mol. The van der Waals surface area contributed by atoms with Crippen molar-refractivity contribution in [3.8, 4) is 0 Å². The van der Waals surface area contributed by atoms with Gasteiger partial charge in [-0.05, 0) is 44.2 Å². The van der Waals surface area contributed by atoms with Crippen LogP contribution in [0.3, 0.4) is 0 Å². The lowest BCUT2D eigenvalue weighted by atomic mass is 10.1. The van der Waals surface area contributed by atoms with E-state index in [0.717, 1.165) is 62.0 Å². The van der Waals surface area contributed by atoms with E-state index in [-0.39, 0.29) is 6.04 Å². The number of carbonyl (C=O) groups excluding carboxylic acids is 1. The maximum Gasteiger partial charge on any atom is 0.245 e. The third kappa shape index (κ3) is 2.25. The zero-order valence-corrected chi connectivity index (χ0v) is 12.8. The van der Waals surface area contributed by atoms with Gasteiger partial charge in [0.2, 0.25) is 5.91 Å². The number of H-pyrrole nitrogens is 1. The Hall–Kier alpha value is -2.04. The second kappa shape index (κ2) is 5.63. The van der Waals surface area contributed by atoms with Crippen molar-refractivity contribution in [2.45, 2.75) is 38.1 Å². The maximum atomic E-state index is 12.9. The van der Waals surface area contributed by atoms with E-state index in [2.05, 4.69) is 25.8 Å². The number of aromatic amines is 1. The van der Waals surface area contributed by atoms with Crippen LogP contribution in [0.15, 0.2) is 24.5 Å². The molecule has 22 heavy (non-hydrogen) atoms. The molecule has 2 aromatic rings. The quantitative estimate of drug-likeness (QED) is 0.927. The number of likely N-dealkylation sites (tertiary alicyclic amines) is 1. The van der Waals surface area contributed by atoms with Crippen molar-refractivity contribution in [2.75, 3.05) is 24.5 Å². The van der Waals surface area contributed by atoms with Crippen LogP contribution in [0.2, 0.25) is 0 Å². The Bertz CT molecular complexity index is 674. The first-order valence-corrected chi connectivity index (χ1v) is 8.32. The summed E-state index contributed by atoms with van der Waals surface area (Å²) >= 11 is 0. The van der Waals surface area contributed by atoms with Crippen LogP contribution in [-0.2, 0) is 4.79 Å². The molecule has 5 nitrogen and oxygen atoms in total. The molecule has 4 rings (SSSR count). The topological polar surface area (TPSA) is 52.2 Å². The van der Waals surface area contributed by atoms with Crippen LogP contribution in [0.5, 0.6) is 0 Å². The van der Waals surface area contributed by atoms with Gasteiger partial charge >= 0.3 is 0 Å². The Morgan fingerprint density at radius 1 is 1.14 bits per heavy atom. The van der Waals surface area contributed by atoms with Crippen molar-refractivity contribution in [1.29, 1.82) is 0 Å². The molecule has 1 atom stereocenters. The van der Waals surface area contributed by atoms with E-state index in [4.69, 9.17) is 0 Å². The Kier molecular flexibility index (Phi) is 3.48. The molecule has 2 saturated heterocycles. The molecule has 0 saturated carbocycles. The van der Waals surface area contributed by atoms with Gasteiger partial charge < -0.3 is 14.8 Å². The number of carbonyl (C=O) groups is 1. The summed E-state index contributed by atoms with van der Waals surface area (Å²) < 4.78 is 0. The largest absolute Gasteiger partial charge is 0.359 e. The number of nitrogens with one attached hydrogen (secondary N) is 1. The summed E-state index contributed by atoms with van der Waals surface area (Å²) in [6.45, 7) is 2.81. The highest BCUT2D eigenvalue weighted by Gasteiger charge is 2.34. The fourth-order valence-electron chi connectivity index (χ4n) is 3.83. The summed E-state index contributed by atoms with van der Waals surface area (Å²) in [5.74, 6) is 0.317. The first-order valence-electron chi connectivity index (χ1n) is 8.32. The first-order chi connectivity index (χ1) is 10.8. The van der Waals surface area contributed by atoms with Crippen molar-refractivity contribution in [3.05, 3.63) is 24.5 Å². The molecule has 116 valence electrons. The predicted molar refractivity (Wildman–Crippen MR) is 86.9 cm³/mol. The fraction of sp³-hybridized carbons (Fsp3) is 0.529. The molecule has 0 aromatic carbocycles. The molecule has 0 bridgehead atoms. The highest BCUT2D eigenvalue weighted by atomic mass is 16.2. The number of amides is 1. The number of aromatic nitrogens is 2. The zero-order chi connectivity index (χ0) is 14.9. The minimum Gasteiger partial charge on any atom is -0.359 e. The summed E-state index contributed by atoms with van der Waals surface area (Å²) in [5.41, 5.74) is 2.03. The Labute approximate surface area is 130 Å². The molecule has 0 spiro atoms. The fourth-order valence-corrected chi connectivity index (χ4v) is 3.83. The number of anilines is 1. The number of hydrogen-bond donors (Lipinski definition) is 1. The van der Waals surface area contributed by atoms with Crippen LogP contribution < -0.4 is 4.90 Å². The van der Waals surface area contributed by atoms with Crippen LogP contribution in [0.25, 0.3) is 11.0 Å². The lowest BCUT2D eigenvalue weighted by Gasteiger charge is -2.33. The van der Waals surface area contributed by atoms with E-state index >= 15 is 0 Å². The Balaban J connectivity index is 1.63. The Morgan fingerprint density at radius 2 is 2.00 bits per heavy atom. The predicted octanol–water partition coefficient (Wildman–Crippen LogP) is 2.54. The molecular formula is C17H22N4O. The van der Waals surface area contributed by atoms with Gasteiger partial charge in [-0.25, -0.2) is 4.98 Å². The van der Waals surface area contributed by atoms with Gasteiger partial charge in [-0.1, -0.05) is 0 Å². The minimum absolute atomic E-state index is 0.00130. The van der Waals surface area contributed by atoms with Gasteiger partial charge in [0.05, 0.1) is 0 Å². The third-order valence-corrected chi connectivity index (χ3v) is 4.95. The van der Waals surface area contributed by atoms with Gasteiger partial charge in [0.15, 0.2) is 0 Å². The summed E-state index contributed by atoms with van der Waals surface area (Å²) in [5, 5.41) is 1.11. The average Bonchev–Trinajstić information content (AvgIpc) is 3.23. The number of rotatable bonds is 2. The summed E-state index contributed by atoms with van der Waals surface area (Å²) in [7, 11) is 0. The van der Waals surface area contributed by atoms with Gasteiger partial charge in [-0.15, -0.1) is 0 Å². The lowest BCUT2D eigenvalue weighted by molar-refractivity contribution is -0.133. The zero-order valence-electron chi connectivity index (χ0n) is 12.8. The van der Waals surface area contributed by atoms with Crippen molar-refractivity contribution in [1.82, 2.24) is 14.9 Å². The van der Waals surface area contributed by atoms with E-state index < -0.39 is 0 Å². The molecule has 2 aliphatic rings. The van der Waals surface area contributed by atoms with Crippen LogP contribution in [0.1, 0.15) is 32.1 Å². The SMILES string of the molecule is O=C([C@@H]1CCCN1c1ccnc2[nH]ccc12)N1CCCCC1. The smallest absolute Gasteiger partial charge is 0.245 e. The minimum atomic E-state index is -0.00130. The lowest BCUT2D eigenvalue weighted by Crippen LogP contribution is -2.47. The van der Waals surface area contributed by atoms with Crippen molar-refractivity contribution in [3.63, 3.8) is 0 Å². The average molecular weight is 298 g/mol. The second-order valence-electron chi connectivity index (χ2n) is 6.31. The molecule has 0 radical (unpaired) electrons. The van der Waals surface area contributed by atoms with E-state index in [1.165, 1.54) is 6.42 Å². The number of piperidine rings is 1. The summed E-state index contributed by atoms with van der Waals surface area (Å²) in [6, 6.07) is 4.09. The van der Waals surface area contributed by atoms with Gasteiger partial charge in [0.25, 0.3) is 0 Å². The van der Waals surface area contributed by atoms with E-state index in [0.29, 0.717) is 5.91 Å². The third-order valence-electron chi connectivity index (χ3n) is 4.95. The standard InChI is InChI=1S/C17H22N4O/c22-17(20-10-2-1-3-11-20)15-5-4-12-21(15)14-7-9-19-16-13(14)6-8-18-16/h6-9,15H,1-5,10-12H2,(H,18,19)/t15-/m0/s1.